The van der Waals surface area contributed by atoms with Crippen LogP contribution < -0.4 is 22.9 Å². The van der Waals surface area contributed by atoms with Crippen LogP contribution in [0.4, 0.5) is 32.0 Å². The number of anilines is 1. The summed E-state index contributed by atoms with van der Waals surface area (Å²) in [5.74, 6) is -6.82. The highest BCUT2D eigenvalue weighted by Gasteiger charge is 2.70. The number of aliphatic imine (C=N–C) groups is 2. The molecule has 0 amide bonds. The number of allylic oxidation sites excluding steroid dienone is 2. The first-order valence-corrected chi connectivity index (χ1v) is 50.3. The molecule has 7 aliphatic rings. The van der Waals surface area contributed by atoms with E-state index in [0.717, 1.165) is 51.0 Å². The normalized spacial score (nSPS) is 31.4. The fourth-order valence-electron chi connectivity index (χ4n) is 10.7. The topological polar surface area (TPSA) is 967 Å². The van der Waals surface area contributed by atoms with Crippen molar-refractivity contribution in [2.75, 3.05) is 45.5 Å². The van der Waals surface area contributed by atoms with Gasteiger partial charge in [-0.15, -0.1) is 6.42 Å². The minimum atomic E-state index is -5.87. The Morgan fingerprint density at radius 2 is 0.859 bits per heavy atom. The summed E-state index contributed by atoms with van der Waals surface area (Å²) >= 11 is 0. The van der Waals surface area contributed by atoms with Gasteiger partial charge in [-0.1, -0.05) is 33.1 Å². The SMILES string of the molecule is C.C#C[C@]1(COP(=O)(O)OP(=O)(O)OP(=O)(O)O)O[C@@H](N2C=CC(N)=CC2=C)C(F)(F)[C@@H]1O.C=C1N=C(N)C=CN1[C@@H]1O[C@H](COP(=O)(O)OP(=O)(O)OP(=O)(O)O)[C@@H](O)[C@]1(O)CF.C=C1N=C(N)C=CN1[C@@H]1O[C@](C)(COP(=O)(O)OP(=O)(O)OP(=O)(O)O)[C@@H](O)C1(F)F.Nc1ccnc2c1ncn2[C@@H]1O[C@H](COP(=O)(O)OP(=O)(O)OP(=O)(O)O)[C@@H](O)[C@]1(O)CF. The standard InChI is InChI=1S/C13H17F2N2O12P3.C12H18FN4O13P3.C11H18F2N3O12P3.C11H19FN3O13P3.CH4/c1-3-12(7-26-31(22,23)29-32(24,25)28-30(19,20)21)10(18)13(14,15)11(27-12)17-5-4-9(16)6-8(17)2;13-4-12(19)9(18)7(3-27-32(23,24)30-33(25,26)29-31(20,21)22)28-11(12)17-5-16-8-6(14)1-2-15-10(8)17;1-6-15-7(14)3-4-16(6)9-11(12,13)8(17)10(2,26-9)5-25-30(21,22)28-31(23,24)27-29(18,19)20;1-6-14-8(13)2-3-15(6)10-11(17,5-12)9(16)7(26-10)4-25-30(21,22)28-31(23,24)27-29(18,19)20;/h1,4-6,10-11,18H,2,7,16H2,(H,22,23)(H,24,25)(H2,19,20,21);1-2,5,7,9,11,18-19H,3-4H2,(H2,14,15)(H,23,24)(H,25,26)(H2,20,21,22);3-4,8-9,17H,1,5H2,2H3,(H2,14,15)(H,21,22)(H,23,24)(H2,18,19,20);2-3,7,9-10,16-17H,1,4-5H2,(H2,13,14)(H,21,22)(H,23,24)(H2,18,19,20);1H4/t10-,11-,12-;7-,9-,11-,12-;8-,9-,10-;7-,9-,10-,11-;/m1111./s1. The number of aliphatic hydroxyl groups excluding tert-OH is 4. The van der Waals surface area contributed by atoms with E-state index in [1.807, 2.05) is 0 Å². The van der Waals surface area contributed by atoms with Crippen LogP contribution in [0.15, 0.2) is 114 Å². The summed E-state index contributed by atoms with van der Waals surface area (Å²) in [6, 6.07) is 1.43. The fraction of sp³-hybridized carbons (Fsp3) is 0.500. The van der Waals surface area contributed by atoms with Gasteiger partial charge in [0.1, 0.15) is 78.8 Å². The van der Waals surface area contributed by atoms with Crippen LogP contribution in [-0.2, 0) is 126 Å². The molecule has 0 saturated carbocycles. The van der Waals surface area contributed by atoms with Crippen molar-refractivity contribution in [2.45, 2.75) is 110 Å². The molecule has 4 saturated heterocycles. The van der Waals surface area contributed by atoms with Crippen molar-refractivity contribution < 1.29 is 262 Å². The Bertz CT molecular complexity index is 5320. The molecular weight excluding hydrogens is 2030 g/mol. The van der Waals surface area contributed by atoms with Crippen LogP contribution in [0.5, 0.6) is 0 Å². The number of aliphatic hydroxyl groups is 6. The second-order valence-electron chi connectivity index (χ2n) is 25.6. The summed E-state index contributed by atoms with van der Waals surface area (Å²) in [6.07, 6.45) is -5.13. The molecule has 80 heteroatoms. The molecule has 8 unspecified atom stereocenters. The number of phosphoric acid groups is 12. The Morgan fingerprint density at radius 1 is 0.500 bits per heavy atom. The van der Waals surface area contributed by atoms with Gasteiger partial charge in [-0.2, -0.15) is 52.0 Å². The summed E-state index contributed by atoms with van der Waals surface area (Å²) in [6.45, 7) is 3.18. The molecule has 2 aromatic heterocycles. The van der Waals surface area contributed by atoms with E-state index < -0.39 is 229 Å². The maximum atomic E-state index is 14.8. The molecule has 0 bridgehead atoms. The van der Waals surface area contributed by atoms with Gasteiger partial charge in [-0.3, -0.25) is 22.7 Å². The van der Waals surface area contributed by atoms with Crippen molar-refractivity contribution in [3.05, 3.63) is 104 Å². The lowest BCUT2D eigenvalue weighted by Crippen LogP contribution is -2.55. The molecule has 22 atom stereocenters. The Labute approximate surface area is 710 Å². The number of rotatable bonds is 34. The lowest BCUT2D eigenvalue weighted by atomic mass is 9.95. The van der Waals surface area contributed by atoms with Crippen molar-refractivity contribution in [3.63, 3.8) is 0 Å². The number of amidine groups is 2. The van der Waals surface area contributed by atoms with Crippen molar-refractivity contribution in [3.8, 4) is 12.3 Å². The summed E-state index contributed by atoms with van der Waals surface area (Å²) < 4.78 is 289. The second kappa shape index (κ2) is 41.0. The quantitative estimate of drug-likeness (QED) is 0.0228. The van der Waals surface area contributed by atoms with Crippen LogP contribution in [0, 0.1) is 12.3 Å². The van der Waals surface area contributed by atoms with Crippen LogP contribution in [0.2, 0.25) is 0 Å². The number of phosphoric ester groups is 4. The summed E-state index contributed by atoms with van der Waals surface area (Å²) in [5.41, 5.74) is 12.3. The first kappa shape index (κ1) is 114. The minimum absolute atomic E-state index is 0. The number of terminal acetylenes is 1. The molecule has 62 nitrogen and oxygen atoms in total. The fourth-order valence-corrected chi connectivity index (χ4v) is 22.9. The Balaban J connectivity index is 0.000000302. The Morgan fingerprint density at radius 3 is 1.24 bits per heavy atom. The zero-order chi connectivity index (χ0) is 97.4. The number of pyridine rings is 1. The number of aromatic nitrogens is 3. The van der Waals surface area contributed by atoms with Gasteiger partial charge in [-0.25, -0.2) is 83.5 Å². The molecule has 0 radical (unpaired) electrons. The number of nitrogen functional groups attached to an aromatic ring is 1. The van der Waals surface area contributed by atoms with E-state index in [4.69, 9.17) is 107 Å². The van der Waals surface area contributed by atoms with Crippen LogP contribution >= 0.6 is 93.9 Å². The minimum Gasteiger partial charge on any atom is -0.399 e. The highest BCUT2D eigenvalue weighted by atomic mass is 31.3. The van der Waals surface area contributed by atoms with Gasteiger partial charge >= 0.3 is 106 Å². The third kappa shape index (κ3) is 29.8. The zero-order valence-corrected chi connectivity index (χ0v) is 73.0. The van der Waals surface area contributed by atoms with Gasteiger partial charge in [0, 0.05) is 36.2 Å². The second-order valence-corrected chi connectivity index (χ2v) is 43.3. The van der Waals surface area contributed by atoms with Crippen molar-refractivity contribution in [1.29, 1.82) is 0 Å². The van der Waals surface area contributed by atoms with Crippen LogP contribution in [0.3, 0.4) is 0 Å². The zero-order valence-electron chi connectivity index (χ0n) is 62.3. The lowest BCUT2D eigenvalue weighted by Gasteiger charge is -2.36. The average Bonchev–Trinajstić information content (AvgIpc) is 1.49. The smallest absolute Gasteiger partial charge is 0.399 e. The van der Waals surface area contributed by atoms with Gasteiger partial charge in [0.05, 0.1) is 31.8 Å². The maximum Gasteiger partial charge on any atom is 0.490 e. The Hall–Kier alpha value is -4.88. The van der Waals surface area contributed by atoms with E-state index in [2.05, 4.69) is 92.3 Å². The predicted molar refractivity (Wildman–Crippen MR) is 402 cm³/mol. The third-order valence-electron chi connectivity index (χ3n) is 15.9. The summed E-state index contributed by atoms with van der Waals surface area (Å²) in [7, 11) is -68.1. The monoisotopic (exact) mass is 2110 g/mol. The van der Waals surface area contributed by atoms with Crippen LogP contribution in [0.25, 0.3) is 11.2 Å². The van der Waals surface area contributed by atoms with E-state index in [1.165, 1.54) is 36.7 Å². The summed E-state index contributed by atoms with van der Waals surface area (Å²) in [5, 5.41) is 62.0. The first-order chi connectivity index (χ1) is 57.2. The molecule has 0 aliphatic carbocycles. The third-order valence-corrected chi connectivity index (χ3v) is 31.1. The van der Waals surface area contributed by atoms with Gasteiger partial charge in [-0.05, 0) is 37.3 Å². The predicted octanol–water partition coefficient (Wildman–Crippen LogP) is -0.936. The molecule has 9 heterocycles. The number of hydrogen-bond donors (Lipinski definition) is 26. The van der Waals surface area contributed by atoms with Gasteiger partial charge in [0.25, 0.3) is 0 Å². The molecule has 2 aromatic rings. The molecule has 0 aromatic carbocycles. The average molecular weight is 2110 g/mol. The van der Waals surface area contributed by atoms with Gasteiger partial charge < -0.3 is 166 Å². The molecular formula is C48H76F6N12O50P12. The number of imidazole rings is 1. The first-order valence-electron chi connectivity index (χ1n) is 32.2. The van der Waals surface area contributed by atoms with Crippen LogP contribution in [-0.4, -0.2) is 279 Å². The van der Waals surface area contributed by atoms with E-state index >= 15 is 0 Å². The highest BCUT2D eigenvalue weighted by Crippen LogP contribution is 2.71. The van der Waals surface area contributed by atoms with E-state index in [0.29, 0.717) is 0 Å². The van der Waals surface area contributed by atoms with E-state index in [1.54, 1.807) is 5.92 Å². The van der Waals surface area contributed by atoms with Crippen LogP contribution in [0.1, 0.15) is 20.6 Å². The van der Waals surface area contributed by atoms with Crippen molar-refractivity contribution in [2.24, 2.45) is 27.2 Å². The van der Waals surface area contributed by atoms with Crippen molar-refractivity contribution >= 4 is 122 Å². The summed E-state index contributed by atoms with van der Waals surface area (Å²) in [4.78, 5) is 160. The molecule has 7 aliphatic heterocycles. The molecule has 730 valence electrons. The Kier molecular flexibility index (Phi) is 36.4. The number of halogens is 6. The number of hydrogen-bond acceptors (Lipinski definition) is 45. The van der Waals surface area contributed by atoms with E-state index in [9.17, 15) is 131 Å². The largest absolute Gasteiger partial charge is 0.490 e. The molecule has 0 spiro atoms. The lowest BCUT2D eigenvalue weighted by molar-refractivity contribution is -0.152. The number of alkyl halides is 6. The number of fused-ring (bicyclic) bond motifs is 1. The molecule has 128 heavy (non-hydrogen) atoms. The molecule has 30 N–H and O–H groups in total. The number of nitrogens with two attached hydrogens (primary N) is 4. The number of ether oxygens (including phenoxy) is 4. The maximum absolute atomic E-state index is 14.8. The van der Waals surface area contributed by atoms with Crippen molar-refractivity contribution in [1.82, 2.24) is 29.2 Å². The highest BCUT2D eigenvalue weighted by molar-refractivity contribution is 7.68. The van der Waals surface area contributed by atoms with Gasteiger partial charge in [0.2, 0.25) is 12.5 Å². The van der Waals surface area contributed by atoms with E-state index in [-0.39, 0.29) is 59.0 Å². The molecule has 4 fully saturated rings. The van der Waals surface area contributed by atoms with Gasteiger partial charge in [0.15, 0.2) is 47.1 Å². The number of nitrogens with zero attached hydrogens (tertiary/aromatic N) is 8. The molecule has 9 rings (SSSR count).